The second-order valence-corrected chi connectivity index (χ2v) is 5.20. The van der Waals surface area contributed by atoms with E-state index in [9.17, 15) is 4.79 Å². The summed E-state index contributed by atoms with van der Waals surface area (Å²) in [5.74, 6) is 1.03. The smallest absolute Gasteiger partial charge is 0.257 e. The second-order valence-electron chi connectivity index (χ2n) is 5.20. The second kappa shape index (κ2) is 7.14. The zero-order valence-corrected chi connectivity index (χ0v) is 12.1. The van der Waals surface area contributed by atoms with Crippen LogP contribution in [0.1, 0.15) is 30.5 Å². The number of aliphatic hydroxyl groups excluding tert-OH is 1. The lowest BCUT2D eigenvalue weighted by atomic mass is 10.1. The molecule has 0 aromatic heterocycles. The molecule has 0 aliphatic carbocycles. The van der Waals surface area contributed by atoms with E-state index in [1.165, 1.54) is 0 Å². The lowest BCUT2D eigenvalue weighted by molar-refractivity contribution is -0.123. The summed E-state index contributed by atoms with van der Waals surface area (Å²) in [6.45, 7) is 8.60. The Kier molecular flexibility index (Phi) is 5.83. The highest BCUT2D eigenvalue weighted by atomic mass is 16.5. The van der Waals surface area contributed by atoms with E-state index in [2.05, 4.69) is 5.32 Å². The van der Waals surface area contributed by atoms with Crippen molar-refractivity contribution in [1.82, 2.24) is 5.32 Å². The topological polar surface area (TPSA) is 58.6 Å². The number of aliphatic hydroxyl groups is 1. The third-order valence-electron chi connectivity index (χ3n) is 2.76. The molecule has 4 heteroatoms. The van der Waals surface area contributed by atoms with Crippen LogP contribution in [0.5, 0.6) is 5.75 Å². The highest BCUT2D eigenvalue weighted by molar-refractivity contribution is 5.77. The van der Waals surface area contributed by atoms with Crippen molar-refractivity contribution < 1.29 is 14.6 Å². The zero-order valence-electron chi connectivity index (χ0n) is 12.1. The van der Waals surface area contributed by atoms with E-state index in [4.69, 9.17) is 9.84 Å². The summed E-state index contributed by atoms with van der Waals surface area (Å²) < 4.78 is 5.57. The minimum Gasteiger partial charge on any atom is -0.483 e. The molecular formula is C15H23NO3. The van der Waals surface area contributed by atoms with Gasteiger partial charge in [-0.3, -0.25) is 4.79 Å². The number of nitrogens with one attached hydrogen (secondary N) is 1. The highest BCUT2D eigenvalue weighted by Crippen LogP contribution is 2.24. The fourth-order valence-corrected chi connectivity index (χ4v) is 1.87. The molecule has 0 unspecified atom stereocenters. The van der Waals surface area contributed by atoms with E-state index in [-0.39, 0.29) is 19.1 Å². The van der Waals surface area contributed by atoms with Crippen molar-refractivity contribution in [2.45, 2.75) is 34.3 Å². The van der Waals surface area contributed by atoms with Gasteiger partial charge >= 0.3 is 0 Å². The molecule has 1 aromatic carbocycles. The zero-order chi connectivity index (χ0) is 14.4. The van der Waals surface area contributed by atoms with Gasteiger partial charge in [-0.2, -0.15) is 0 Å². The number of amides is 1. The Balaban J connectivity index is 2.60. The predicted molar refractivity (Wildman–Crippen MR) is 75.2 cm³/mol. The van der Waals surface area contributed by atoms with Crippen LogP contribution in [-0.4, -0.2) is 24.2 Å². The third kappa shape index (κ3) is 4.91. The van der Waals surface area contributed by atoms with E-state index in [1.807, 2.05) is 39.8 Å². The van der Waals surface area contributed by atoms with E-state index in [0.717, 1.165) is 22.4 Å². The number of hydrogen-bond acceptors (Lipinski definition) is 3. The third-order valence-corrected chi connectivity index (χ3v) is 2.76. The Bertz CT molecular complexity index is 418. The molecule has 106 valence electrons. The molecule has 0 atom stereocenters. The fourth-order valence-electron chi connectivity index (χ4n) is 1.87. The molecule has 0 fully saturated rings. The standard InChI is InChI=1S/C15H23NO3/c1-10(2)7-16-14(18)9-19-15-11(3)5-13(8-17)6-12(15)4/h5-6,10,17H,7-9H2,1-4H3,(H,16,18). The summed E-state index contributed by atoms with van der Waals surface area (Å²) in [7, 11) is 0. The molecule has 19 heavy (non-hydrogen) atoms. The molecule has 1 aromatic rings. The number of carbonyl (C=O) groups is 1. The summed E-state index contributed by atoms with van der Waals surface area (Å²) in [6.07, 6.45) is 0. The first-order chi connectivity index (χ1) is 8.93. The minimum atomic E-state index is -0.112. The SMILES string of the molecule is Cc1cc(CO)cc(C)c1OCC(=O)NCC(C)C. The van der Waals surface area contributed by atoms with Gasteiger partial charge in [0.2, 0.25) is 0 Å². The number of benzene rings is 1. The summed E-state index contributed by atoms with van der Waals surface area (Å²) in [5.41, 5.74) is 2.72. The molecule has 0 saturated carbocycles. The van der Waals surface area contributed by atoms with Crippen molar-refractivity contribution >= 4 is 5.91 Å². The van der Waals surface area contributed by atoms with Crippen molar-refractivity contribution in [3.8, 4) is 5.75 Å². The summed E-state index contributed by atoms with van der Waals surface area (Å²) in [5, 5.41) is 11.9. The van der Waals surface area contributed by atoms with Gasteiger partial charge in [-0.15, -0.1) is 0 Å². The van der Waals surface area contributed by atoms with Crippen LogP contribution < -0.4 is 10.1 Å². The van der Waals surface area contributed by atoms with Gasteiger partial charge in [0, 0.05) is 6.54 Å². The van der Waals surface area contributed by atoms with Crippen LogP contribution in [0.25, 0.3) is 0 Å². The van der Waals surface area contributed by atoms with Gasteiger partial charge in [-0.05, 0) is 36.5 Å². The first kappa shape index (κ1) is 15.5. The van der Waals surface area contributed by atoms with Crippen molar-refractivity contribution in [2.24, 2.45) is 5.92 Å². The van der Waals surface area contributed by atoms with Crippen LogP contribution in [0.3, 0.4) is 0 Å². The molecule has 0 spiro atoms. The van der Waals surface area contributed by atoms with E-state index < -0.39 is 0 Å². The Morgan fingerprint density at radius 2 is 1.89 bits per heavy atom. The number of hydrogen-bond donors (Lipinski definition) is 2. The fraction of sp³-hybridized carbons (Fsp3) is 0.533. The molecule has 0 saturated heterocycles. The minimum absolute atomic E-state index is 0.0107. The predicted octanol–water partition coefficient (Wildman–Crippen LogP) is 1.95. The monoisotopic (exact) mass is 265 g/mol. The van der Waals surface area contributed by atoms with E-state index in [0.29, 0.717) is 12.5 Å². The summed E-state index contributed by atoms with van der Waals surface area (Å²) in [4.78, 5) is 11.6. The van der Waals surface area contributed by atoms with Crippen LogP contribution >= 0.6 is 0 Å². The van der Waals surface area contributed by atoms with Gasteiger partial charge in [0.15, 0.2) is 6.61 Å². The maximum atomic E-state index is 11.6. The number of ether oxygens (including phenoxy) is 1. The normalized spacial score (nSPS) is 10.6. The van der Waals surface area contributed by atoms with Gasteiger partial charge < -0.3 is 15.2 Å². The van der Waals surface area contributed by atoms with Crippen molar-refractivity contribution in [1.29, 1.82) is 0 Å². The average Bonchev–Trinajstić information content (AvgIpc) is 2.34. The first-order valence-corrected chi connectivity index (χ1v) is 6.54. The quantitative estimate of drug-likeness (QED) is 0.826. The molecule has 1 rings (SSSR count). The van der Waals surface area contributed by atoms with Crippen molar-refractivity contribution in [3.05, 3.63) is 28.8 Å². The Morgan fingerprint density at radius 3 is 2.37 bits per heavy atom. The number of carbonyl (C=O) groups excluding carboxylic acids is 1. The molecule has 0 bridgehead atoms. The van der Waals surface area contributed by atoms with Gasteiger partial charge in [-0.1, -0.05) is 26.0 Å². The maximum Gasteiger partial charge on any atom is 0.257 e. The lowest BCUT2D eigenvalue weighted by Crippen LogP contribution is -2.31. The van der Waals surface area contributed by atoms with Crippen molar-refractivity contribution in [3.63, 3.8) is 0 Å². The van der Waals surface area contributed by atoms with Crippen LogP contribution in [0, 0.1) is 19.8 Å². The molecule has 0 radical (unpaired) electrons. The number of rotatable bonds is 6. The van der Waals surface area contributed by atoms with E-state index in [1.54, 1.807) is 0 Å². The van der Waals surface area contributed by atoms with E-state index >= 15 is 0 Å². The van der Waals surface area contributed by atoms with Crippen LogP contribution in [0.4, 0.5) is 0 Å². The maximum absolute atomic E-state index is 11.6. The average molecular weight is 265 g/mol. The van der Waals surface area contributed by atoms with Crippen LogP contribution in [0.2, 0.25) is 0 Å². The molecular weight excluding hydrogens is 242 g/mol. The Labute approximate surface area is 114 Å². The highest BCUT2D eigenvalue weighted by Gasteiger charge is 2.09. The first-order valence-electron chi connectivity index (χ1n) is 6.54. The lowest BCUT2D eigenvalue weighted by Gasteiger charge is -2.14. The van der Waals surface area contributed by atoms with Gasteiger partial charge in [-0.25, -0.2) is 0 Å². The molecule has 2 N–H and O–H groups in total. The Hall–Kier alpha value is -1.55. The summed E-state index contributed by atoms with van der Waals surface area (Å²) in [6, 6.07) is 3.74. The molecule has 1 amide bonds. The Morgan fingerprint density at radius 1 is 1.32 bits per heavy atom. The molecule has 0 heterocycles. The number of aryl methyl sites for hydroxylation is 2. The summed E-state index contributed by atoms with van der Waals surface area (Å²) >= 11 is 0. The van der Waals surface area contributed by atoms with Gasteiger partial charge in [0.1, 0.15) is 5.75 Å². The van der Waals surface area contributed by atoms with Gasteiger partial charge in [0.05, 0.1) is 6.61 Å². The van der Waals surface area contributed by atoms with Crippen molar-refractivity contribution in [2.75, 3.05) is 13.2 Å². The largest absolute Gasteiger partial charge is 0.483 e. The molecule has 0 aliphatic rings. The van der Waals surface area contributed by atoms with Gasteiger partial charge in [0.25, 0.3) is 5.91 Å². The van der Waals surface area contributed by atoms with Crippen LogP contribution in [-0.2, 0) is 11.4 Å². The van der Waals surface area contributed by atoms with Crippen LogP contribution in [0.15, 0.2) is 12.1 Å². The molecule has 4 nitrogen and oxygen atoms in total. The molecule has 0 aliphatic heterocycles.